The predicted molar refractivity (Wildman–Crippen MR) is 77.8 cm³/mol. The minimum atomic E-state index is -0.329. The fourth-order valence-corrected chi connectivity index (χ4v) is 1.78. The number of nitrogens with one attached hydrogen (secondary N) is 2. The van der Waals surface area contributed by atoms with E-state index in [1.165, 1.54) is 6.20 Å². The first-order valence-corrected chi connectivity index (χ1v) is 6.65. The van der Waals surface area contributed by atoms with Gasteiger partial charge in [0, 0.05) is 11.7 Å². The van der Waals surface area contributed by atoms with Gasteiger partial charge in [-0.2, -0.15) is 5.26 Å². The molecular formula is C15H13N5O. The van der Waals surface area contributed by atoms with Crippen LogP contribution in [0.4, 0.5) is 11.5 Å². The number of nitrogens with zero attached hydrogens (tertiary/aromatic N) is 3. The molecule has 0 spiro atoms. The highest BCUT2D eigenvalue weighted by atomic mass is 16.1. The van der Waals surface area contributed by atoms with Crippen LogP contribution >= 0.6 is 0 Å². The van der Waals surface area contributed by atoms with Crippen molar-refractivity contribution in [3.8, 4) is 6.07 Å². The van der Waals surface area contributed by atoms with Gasteiger partial charge >= 0.3 is 0 Å². The van der Waals surface area contributed by atoms with Crippen molar-refractivity contribution in [1.82, 2.24) is 9.97 Å². The standard InChI is InChI=1S/C15H13N5O/c16-7-10-1-3-12(4-2-10)20-15(21)13-8-18-14(9-17-13)19-11-5-6-11/h1-4,8-9,11H,5-6H2,(H,18,19)(H,20,21). The molecule has 0 unspecified atom stereocenters. The van der Waals surface area contributed by atoms with Crippen LogP contribution in [-0.2, 0) is 0 Å². The highest BCUT2D eigenvalue weighted by molar-refractivity contribution is 6.02. The molecule has 21 heavy (non-hydrogen) atoms. The van der Waals surface area contributed by atoms with Crippen LogP contribution in [0, 0.1) is 11.3 Å². The summed E-state index contributed by atoms with van der Waals surface area (Å²) in [6.45, 7) is 0. The summed E-state index contributed by atoms with van der Waals surface area (Å²) in [5.41, 5.74) is 1.41. The van der Waals surface area contributed by atoms with Crippen molar-refractivity contribution in [2.75, 3.05) is 10.6 Å². The molecule has 0 saturated heterocycles. The van der Waals surface area contributed by atoms with Crippen molar-refractivity contribution in [1.29, 1.82) is 5.26 Å². The Morgan fingerprint density at radius 2 is 1.95 bits per heavy atom. The molecule has 1 heterocycles. The van der Waals surface area contributed by atoms with Crippen LogP contribution in [0.2, 0.25) is 0 Å². The SMILES string of the molecule is N#Cc1ccc(NC(=O)c2cnc(NC3CC3)cn2)cc1. The lowest BCUT2D eigenvalue weighted by atomic mass is 10.2. The third kappa shape index (κ3) is 3.34. The molecule has 1 fully saturated rings. The van der Waals surface area contributed by atoms with Crippen molar-refractivity contribution in [2.45, 2.75) is 18.9 Å². The minimum absolute atomic E-state index is 0.251. The van der Waals surface area contributed by atoms with E-state index in [2.05, 4.69) is 20.6 Å². The molecule has 3 rings (SSSR count). The lowest BCUT2D eigenvalue weighted by Gasteiger charge is -2.06. The normalized spacial score (nSPS) is 13.3. The lowest BCUT2D eigenvalue weighted by molar-refractivity contribution is 0.102. The van der Waals surface area contributed by atoms with Crippen molar-refractivity contribution >= 4 is 17.4 Å². The summed E-state index contributed by atoms with van der Waals surface area (Å²) in [5.74, 6) is 0.359. The van der Waals surface area contributed by atoms with E-state index in [1.54, 1.807) is 30.5 Å². The van der Waals surface area contributed by atoms with Gasteiger partial charge in [0.05, 0.1) is 24.0 Å². The van der Waals surface area contributed by atoms with E-state index in [1.807, 2.05) is 6.07 Å². The number of aromatic nitrogens is 2. The summed E-state index contributed by atoms with van der Waals surface area (Å²) >= 11 is 0. The fourth-order valence-electron chi connectivity index (χ4n) is 1.78. The Balaban J connectivity index is 1.64. The van der Waals surface area contributed by atoms with Gasteiger partial charge in [-0.1, -0.05) is 0 Å². The number of hydrogen-bond donors (Lipinski definition) is 2. The van der Waals surface area contributed by atoms with Gasteiger partial charge in [0.1, 0.15) is 11.5 Å². The summed E-state index contributed by atoms with van der Waals surface area (Å²) in [4.78, 5) is 20.3. The van der Waals surface area contributed by atoms with Gasteiger partial charge < -0.3 is 10.6 Å². The van der Waals surface area contributed by atoms with E-state index in [4.69, 9.17) is 5.26 Å². The number of carbonyl (C=O) groups excluding carboxylic acids is 1. The van der Waals surface area contributed by atoms with Gasteiger partial charge in [0.2, 0.25) is 0 Å². The summed E-state index contributed by atoms with van der Waals surface area (Å²) in [6, 6.07) is 9.15. The number of amides is 1. The summed E-state index contributed by atoms with van der Waals surface area (Å²) in [7, 11) is 0. The van der Waals surface area contributed by atoms with Crippen LogP contribution in [0.25, 0.3) is 0 Å². The fraction of sp³-hybridized carbons (Fsp3) is 0.200. The Labute approximate surface area is 121 Å². The Hall–Kier alpha value is -2.94. The molecule has 0 atom stereocenters. The van der Waals surface area contributed by atoms with Crippen LogP contribution in [0.15, 0.2) is 36.7 Å². The third-order valence-corrected chi connectivity index (χ3v) is 3.09. The van der Waals surface area contributed by atoms with Gasteiger partial charge in [0.15, 0.2) is 0 Å². The number of carbonyl (C=O) groups is 1. The predicted octanol–water partition coefficient (Wildman–Crippen LogP) is 2.17. The van der Waals surface area contributed by atoms with E-state index in [-0.39, 0.29) is 11.6 Å². The number of rotatable bonds is 4. The maximum absolute atomic E-state index is 12.0. The second kappa shape index (κ2) is 5.59. The molecule has 1 aliphatic carbocycles. The first-order chi connectivity index (χ1) is 10.2. The van der Waals surface area contributed by atoms with Crippen molar-refractivity contribution < 1.29 is 4.79 Å². The first-order valence-electron chi connectivity index (χ1n) is 6.65. The lowest BCUT2D eigenvalue weighted by Crippen LogP contribution is -2.14. The number of benzene rings is 1. The minimum Gasteiger partial charge on any atom is -0.366 e. The van der Waals surface area contributed by atoms with E-state index < -0.39 is 0 Å². The number of hydrogen-bond acceptors (Lipinski definition) is 5. The van der Waals surface area contributed by atoms with E-state index in [0.717, 1.165) is 12.8 Å². The van der Waals surface area contributed by atoms with E-state index in [0.29, 0.717) is 23.1 Å². The Morgan fingerprint density at radius 1 is 1.19 bits per heavy atom. The largest absolute Gasteiger partial charge is 0.366 e. The Morgan fingerprint density at radius 3 is 2.52 bits per heavy atom. The molecule has 2 aromatic rings. The van der Waals surface area contributed by atoms with Crippen LogP contribution in [-0.4, -0.2) is 21.9 Å². The van der Waals surface area contributed by atoms with Crippen molar-refractivity contribution in [3.63, 3.8) is 0 Å². The average molecular weight is 279 g/mol. The highest BCUT2D eigenvalue weighted by Gasteiger charge is 2.21. The molecule has 1 amide bonds. The molecule has 0 aliphatic heterocycles. The van der Waals surface area contributed by atoms with E-state index in [9.17, 15) is 4.79 Å². The summed E-state index contributed by atoms with van der Waals surface area (Å²) in [5, 5.41) is 14.6. The number of nitriles is 1. The second-order valence-corrected chi connectivity index (χ2v) is 4.85. The zero-order valence-corrected chi connectivity index (χ0v) is 11.2. The van der Waals surface area contributed by atoms with Gasteiger partial charge in [-0.15, -0.1) is 0 Å². The van der Waals surface area contributed by atoms with Crippen LogP contribution in [0.3, 0.4) is 0 Å². The molecule has 1 aromatic carbocycles. The highest BCUT2D eigenvalue weighted by Crippen LogP contribution is 2.23. The Bertz CT molecular complexity index is 683. The molecule has 6 heteroatoms. The molecule has 1 aromatic heterocycles. The van der Waals surface area contributed by atoms with Gasteiger partial charge in [-0.25, -0.2) is 9.97 Å². The van der Waals surface area contributed by atoms with Crippen molar-refractivity contribution in [2.24, 2.45) is 0 Å². The zero-order chi connectivity index (χ0) is 14.7. The summed E-state index contributed by atoms with van der Waals surface area (Å²) < 4.78 is 0. The quantitative estimate of drug-likeness (QED) is 0.895. The summed E-state index contributed by atoms with van der Waals surface area (Å²) in [6.07, 6.45) is 5.32. The van der Waals surface area contributed by atoms with E-state index >= 15 is 0 Å². The monoisotopic (exact) mass is 279 g/mol. The molecule has 2 N–H and O–H groups in total. The van der Waals surface area contributed by atoms with Crippen LogP contribution < -0.4 is 10.6 Å². The van der Waals surface area contributed by atoms with Crippen molar-refractivity contribution in [3.05, 3.63) is 47.9 Å². The van der Waals surface area contributed by atoms with Gasteiger partial charge in [-0.05, 0) is 37.1 Å². The average Bonchev–Trinajstić information content (AvgIpc) is 3.33. The molecule has 1 saturated carbocycles. The molecule has 6 nitrogen and oxygen atoms in total. The Kier molecular flexibility index (Phi) is 3.48. The van der Waals surface area contributed by atoms with Gasteiger partial charge in [-0.3, -0.25) is 4.79 Å². The first kappa shape index (κ1) is 13.1. The maximum Gasteiger partial charge on any atom is 0.275 e. The second-order valence-electron chi connectivity index (χ2n) is 4.85. The number of anilines is 2. The maximum atomic E-state index is 12.0. The smallest absolute Gasteiger partial charge is 0.275 e. The molecule has 0 bridgehead atoms. The third-order valence-electron chi connectivity index (χ3n) is 3.09. The molecule has 104 valence electrons. The molecular weight excluding hydrogens is 266 g/mol. The zero-order valence-electron chi connectivity index (χ0n) is 11.2. The van der Waals surface area contributed by atoms with Crippen LogP contribution in [0.5, 0.6) is 0 Å². The topological polar surface area (TPSA) is 90.7 Å². The van der Waals surface area contributed by atoms with Gasteiger partial charge in [0.25, 0.3) is 5.91 Å². The molecule has 0 radical (unpaired) electrons. The van der Waals surface area contributed by atoms with Crippen LogP contribution in [0.1, 0.15) is 28.9 Å². The molecule has 1 aliphatic rings.